The van der Waals surface area contributed by atoms with Crippen LogP contribution in [-0.4, -0.2) is 16.1 Å². The predicted octanol–water partition coefficient (Wildman–Crippen LogP) is 3.36. The maximum atomic E-state index is 11.2. The van der Waals surface area contributed by atoms with E-state index in [1.54, 1.807) is 31.2 Å². The van der Waals surface area contributed by atoms with Crippen LogP contribution in [0.3, 0.4) is 0 Å². The van der Waals surface area contributed by atoms with Gasteiger partial charge in [-0.25, -0.2) is 9.78 Å². The standard InChI is InChI=1S/C14H9IN2O3/c1-8-2-3-9(7-16)13(17-8)20-12-5-4-10(15)6-11(12)14(18)19/h2-6H,1H3,(H,18,19). The second-order valence-electron chi connectivity index (χ2n) is 3.96. The van der Waals surface area contributed by atoms with Gasteiger partial charge in [-0.3, -0.25) is 0 Å². The summed E-state index contributed by atoms with van der Waals surface area (Å²) in [5.74, 6) is -0.826. The van der Waals surface area contributed by atoms with Crippen molar-refractivity contribution in [2.75, 3.05) is 0 Å². The summed E-state index contributed by atoms with van der Waals surface area (Å²) in [5, 5.41) is 18.2. The van der Waals surface area contributed by atoms with E-state index < -0.39 is 5.97 Å². The average Bonchev–Trinajstić information content (AvgIpc) is 2.41. The summed E-state index contributed by atoms with van der Waals surface area (Å²) in [5.41, 5.74) is 0.968. The van der Waals surface area contributed by atoms with Crippen LogP contribution < -0.4 is 4.74 Å². The van der Waals surface area contributed by atoms with E-state index in [4.69, 9.17) is 10.00 Å². The van der Waals surface area contributed by atoms with Crippen LogP contribution in [0.1, 0.15) is 21.6 Å². The third kappa shape index (κ3) is 3.05. The molecule has 20 heavy (non-hydrogen) atoms. The van der Waals surface area contributed by atoms with Crippen molar-refractivity contribution in [3.05, 3.63) is 50.7 Å². The molecule has 1 heterocycles. The zero-order valence-electron chi connectivity index (χ0n) is 10.4. The average molecular weight is 380 g/mol. The maximum Gasteiger partial charge on any atom is 0.339 e. The number of halogens is 1. The zero-order chi connectivity index (χ0) is 14.7. The van der Waals surface area contributed by atoms with Gasteiger partial charge in [0.05, 0.1) is 0 Å². The van der Waals surface area contributed by atoms with Crippen LogP contribution in [0.25, 0.3) is 0 Å². The third-order valence-electron chi connectivity index (χ3n) is 2.50. The van der Waals surface area contributed by atoms with Crippen molar-refractivity contribution >= 4 is 28.6 Å². The molecule has 1 aromatic carbocycles. The van der Waals surface area contributed by atoms with Crippen molar-refractivity contribution in [1.82, 2.24) is 4.98 Å². The number of aromatic nitrogens is 1. The summed E-state index contributed by atoms with van der Waals surface area (Å²) in [4.78, 5) is 15.3. The summed E-state index contributed by atoms with van der Waals surface area (Å²) >= 11 is 2.02. The molecule has 2 rings (SSSR count). The minimum atomic E-state index is -1.09. The number of ether oxygens (including phenoxy) is 1. The Labute approximate surface area is 129 Å². The maximum absolute atomic E-state index is 11.2. The molecule has 0 bridgehead atoms. The summed E-state index contributed by atoms with van der Waals surface area (Å²) < 4.78 is 6.29. The molecule has 0 aliphatic heterocycles. The van der Waals surface area contributed by atoms with E-state index >= 15 is 0 Å². The number of hydrogen-bond acceptors (Lipinski definition) is 4. The van der Waals surface area contributed by atoms with Gasteiger partial charge in [0.25, 0.3) is 0 Å². The van der Waals surface area contributed by atoms with Gasteiger partial charge in [0.1, 0.15) is 22.9 Å². The van der Waals surface area contributed by atoms with E-state index in [1.807, 2.05) is 28.7 Å². The highest BCUT2D eigenvalue weighted by Gasteiger charge is 2.15. The molecule has 0 radical (unpaired) electrons. The largest absolute Gasteiger partial charge is 0.478 e. The Kier molecular flexibility index (Phi) is 4.20. The van der Waals surface area contributed by atoms with Gasteiger partial charge >= 0.3 is 5.97 Å². The van der Waals surface area contributed by atoms with Crippen LogP contribution in [0.15, 0.2) is 30.3 Å². The lowest BCUT2D eigenvalue weighted by molar-refractivity contribution is 0.0694. The summed E-state index contributed by atoms with van der Waals surface area (Å²) in [6, 6.07) is 10.0. The topological polar surface area (TPSA) is 83.2 Å². The molecule has 0 aliphatic carbocycles. The van der Waals surface area contributed by atoms with Crippen LogP contribution in [0, 0.1) is 21.8 Å². The monoisotopic (exact) mass is 380 g/mol. The number of rotatable bonds is 3. The van der Waals surface area contributed by atoms with Gasteiger partial charge in [0, 0.05) is 9.26 Å². The number of carboxylic acid groups (broad SMARTS) is 1. The Balaban J connectivity index is 2.48. The molecule has 0 spiro atoms. The van der Waals surface area contributed by atoms with Crippen molar-refractivity contribution < 1.29 is 14.6 Å². The van der Waals surface area contributed by atoms with Gasteiger partial charge in [0.15, 0.2) is 0 Å². The summed E-state index contributed by atoms with van der Waals surface area (Å²) in [6.07, 6.45) is 0. The molecule has 1 aromatic heterocycles. The van der Waals surface area contributed by atoms with Gasteiger partial charge in [-0.1, -0.05) is 0 Å². The van der Waals surface area contributed by atoms with Gasteiger partial charge in [0.2, 0.25) is 5.88 Å². The Morgan fingerprint density at radius 3 is 2.80 bits per heavy atom. The van der Waals surface area contributed by atoms with E-state index in [9.17, 15) is 9.90 Å². The van der Waals surface area contributed by atoms with Crippen LogP contribution in [0.2, 0.25) is 0 Å². The van der Waals surface area contributed by atoms with E-state index in [0.717, 1.165) is 3.57 Å². The van der Waals surface area contributed by atoms with Gasteiger partial charge in [-0.2, -0.15) is 5.26 Å². The van der Waals surface area contributed by atoms with E-state index in [0.29, 0.717) is 5.69 Å². The first-order chi connectivity index (χ1) is 9.51. The van der Waals surface area contributed by atoms with Crippen molar-refractivity contribution in [2.45, 2.75) is 6.92 Å². The van der Waals surface area contributed by atoms with E-state index in [2.05, 4.69) is 4.98 Å². The highest BCUT2D eigenvalue weighted by molar-refractivity contribution is 14.1. The third-order valence-corrected chi connectivity index (χ3v) is 3.17. The molecule has 0 saturated carbocycles. The number of pyridine rings is 1. The molecular weight excluding hydrogens is 371 g/mol. The molecule has 5 nitrogen and oxygen atoms in total. The minimum Gasteiger partial charge on any atom is -0.478 e. The molecular formula is C14H9IN2O3. The lowest BCUT2D eigenvalue weighted by Crippen LogP contribution is -2.02. The number of aromatic carboxylic acids is 1. The number of aryl methyl sites for hydroxylation is 1. The van der Waals surface area contributed by atoms with Crippen LogP contribution in [-0.2, 0) is 0 Å². The van der Waals surface area contributed by atoms with E-state index in [-0.39, 0.29) is 22.8 Å². The highest BCUT2D eigenvalue weighted by Crippen LogP contribution is 2.28. The first-order valence-electron chi connectivity index (χ1n) is 5.59. The van der Waals surface area contributed by atoms with Crippen molar-refractivity contribution in [3.8, 4) is 17.7 Å². The Hall–Kier alpha value is -2.14. The Bertz CT molecular complexity index is 723. The van der Waals surface area contributed by atoms with Gasteiger partial charge < -0.3 is 9.84 Å². The van der Waals surface area contributed by atoms with Crippen molar-refractivity contribution in [2.24, 2.45) is 0 Å². The lowest BCUT2D eigenvalue weighted by atomic mass is 10.2. The fourth-order valence-electron chi connectivity index (χ4n) is 1.56. The summed E-state index contributed by atoms with van der Waals surface area (Å²) in [6.45, 7) is 1.76. The molecule has 0 fully saturated rings. The number of carbonyl (C=O) groups is 1. The molecule has 0 unspecified atom stereocenters. The Morgan fingerprint density at radius 1 is 1.40 bits per heavy atom. The molecule has 1 N–H and O–H groups in total. The smallest absolute Gasteiger partial charge is 0.339 e. The molecule has 0 atom stereocenters. The first-order valence-corrected chi connectivity index (χ1v) is 6.67. The Morgan fingerprint density at radius 2 is 2.15 bits per heavy atom. The SMILES string of the molecule is Cc1ccc(C#N)c(Oc2ccc(I)cc2C(=O)O)n1. The van der Waals surface area contributed by atoms with Crippen LogP contribution in [0.5, 0.6) is 11.6 Å². The van der Waals surface area contributed by atoms with Crippen LogP contribution in [0.4, 0.5) is 0 Å². The second-order valence-corrected chi connectivity index (χ2v) is 5.21. The molecule has 0 amide bonds. The normalized spacial score (nSPS) is 9.85. The molecule has 2 aromatic rings. The zero-order valence-corrected chi connectivity index (χ0v) is 12.6. The van der Waals surface area contributed by atoms with Gasteiger partial charge in [-0.05, 0) is 59.8 Å². The van der Waals surface area contributed by atoms with Crippen LogP contribution >= 0.6 is 22.6 Å². The minimum absolute atomic E-state index is 0.0316. The highest BCUT2D eigenvalue weighted by atomic mass is 127. The lowest BCUT2D eigenvalue weighted by Gasteiger charge is -2.10. The predicted molar refractivity (Wildman–Crippen MR) is 79.9 cm³/mol. The first kappa shape index (κ1) is 14.3. The van der Waals surface area contributed by atoms with E-state index in [1.165, 1.54) is 6.07 Å². The molecule has 0 aliphatic rings. The molecule has 0 saturated heterocycles. The number of carboxylic acids is 1. The quantitative estimate of drug-likeness (QED) is 0.826. The fourth-order valence-corrected chi connectivity index (χ4v) is 2.05. The van der Waals surface area contributed by atoms with Crippen molar-refractivity contribution in [3.63, 3.8) is 0 Å². The van der Waals surface area contributed by atoms with Gasteiger partial charge in [-0.15, -0.1) is 0 Å². The van der Waals surface area contributed by atoms with Crippen molar-refractivity contribution in [1.29, 1.82) is 5.26 Å². The number of nitriles is 1. The molecule has 100 valence electrons. The second kappa shape index (κ2) is 5.88. The number of benzene rings is 1. The number of hydrogen-bond donors (Lipinski definition) is 1. The fraction of sp³-hybridized carbons (Fsp3) is 0.0714. The number of nitrogens with zero attached hydrogens (tertiary/aromatic N) is 2. The molecule has 6 heteroatoms. The summed E-state index contributed by atoms with van der Waals surface area (Å²) in [7, 11) is 0.